The van der Waals surface area contributed by atoms with E-state index < -0.39 is 35.1 Å². The highest BCUT2D eigenvalue weighted by Crippen LogP contribution is 2.30. The van der Waals surface area contributed by atoms with Crippen molar-refractivity contribution in [3.63, 3.8) is 0 Å². The number of aromatic nitrogens is 2. The first-order valence-corrected chi connectivity index (χ1v) is 5.73. The third-order valence-electron chi connectivity index (χ3n) is 2.65. The molecule has 9 heteroatoms. The maximum atomic E-state index is 13.5. The number of hydrogen-bond donors (Lipinski definition) is 1. The number of carbonyl (C=O) groups is 1. The van der Waals surface area contributed by atoms with Crippen LogP contribution in [0.2, 0.25) is 0 Å². The lowest BCUT2D eigenvalue weighted by atomic mass is 10.1. The molecule has 1 aromatic heterocycles. The summed E-state index contributed by atoms with van der Waals surface area (Å²) in [6.07, 6.45) is -3.63. The number of rotatable bonds is 3. The summed E-state index contributed by atoms with van der Waals surface area (Å²) in [5, 5.41) is 5.75. The third-order valence-corrected chi connectivity index (χ3v) is 2.65. The van der Waals surface area contributed by atoms with Crippen molar-refractivity contribution in [2.75, 3.05) is 0 Å². The molecule has 1 aromatic carbocycles. The van der Waals surface area contributed by atoms with Gasteiger partial charge in [-0.2, -0.15) is 18.2 Å². The molecule has 2 rings (SSSR count). The van der Waals surface area contributed by atoms with Crippen molar-refractivity contribution in [3.05, 3.63) is 47.4 Å². The van der Waals surface area contributed by atoms with E-state index in [1.807, 2.05) is 0 Å². The first-order valence-electron chi connectivity index (χ1n) is 5.73. The highest BCUT2D eigenvalue weighted by Gasteiger charge is 2.32. The van der Waals surface area contributed by atoms with Crippen molar-refractivity contribution in [1.29, 1.82) is 0 Å². The van der Waals surface area contributed by atoms with Gasteiger partial charge in [0.05, 0.1) is 17.2 Å². The van der Waals surface area contributed by atoms with Gasteiger partial charge in [-0.25, -0.2) is 4.39 Å². The Balaban J connectivity index is 2.23. The Morgan fingerprint density at radius 3 is 2.67 bits per heavy atom. The Morgan fingerprint density at radius 2 is 2.10 bits per heavy atom. The van der Waals surface area contributed by atoms with Crippen LogP contribution in [0.1, 0.15) is 34.7 Å². The predicted octanol–water partition coefficient (Wildman–Crippen LogP) is 2.72. The largest absolute Gasteiger partial charge is 0.416 e. The van der Waals surface area contributed by atoms with E-state index in [1.165, 1.54) is 6.92 Å². The number of benzene rings is 1. The van der Waals surface area contributed by atoms with Crippen molar-refractivity contribution in [2.24, 2.45) is 0 Å². The van der Waals surface area contributed by atoms with E-state index in [4.69, 9.17) is 0 Å². The number of hydrogen-bond acceptors (Lipinski definition) is 4. The van der Waals surface area contributed by atoms with Crippen LogP contribution in [-0.4, -0.2) is 16.0 Å². The van der Waals surface area contributed by atoms with Gasteiger partial charge in [-0.1, -0.05) is 5.16 Å². The molecule has 21 heavy (non-hydrogen) atoms. The Morgan fingerprint density at radius 1 is 1.38 bits per heavy atom. The Labute approximate surface area is 116 Å². The van der Waals surface area contributed by atoms with Gasteiger partial charge in [0.1, 0.15) is 5.82 Å². The summed E-state index contributed by atoms with van der Waals surface area (Å²) >= 11 is 0. The molecule has 0 aliphatic rings. The summed E-state index contributed by atoms with van der Waals surface area (Å²) in [4.78, 5) is 15.5. The summed E-state index contributed by atoms with van der Waals surface area (Å²) < 4.78 is 55.7. The molecule has 0 unspecified atom stereocenters. The number of amides is 1. The van der Waals surface area contributed by atoms with Crippen molar-refractivity contribution in [3.8, 4) is 0 Å². The van der Waals surface area contributed by atoms with Crippen LogP contribution < -0.4 is 5.32 Å². The molecule has 0 saturated carbocycles. The van der Waals surface area contributed by atoms with Crippen LogP contribution in [0.3, 0.4) is 0 Å². The van der Waals surface area contributed by atoms with Crippen molar-refractivity contribution in [1.82, 2.24) is 15.5 Å². The molecule has 0 aliphatic carbocycles. The van der Waals surface area contributed by atoms with Gasteiger partial charge in [0.15, 0.2) is 5.82 Å². The van der Waals surface area contributed by atoms with Crippen LogP contribution in [0, 0.1) is 5.82 Å². The standard InChI is InChI=1S/C12H9F4N3O2/c1-6(10-17-5-21-19-10)18-11(20)8-4-7(12(14,15)16)2-3-9(8)13/h2-6H,1H3,(H,18,20)/t6-/m0/s1. The maximum Gasteiger partial charge on any atom is 0.416 e. The van der Waals surface area contributed by atoms with Gasteiger partial charge in [-0.15, -0.1) is 0 Å². The van der Waals surface area contributed by atoms with E-state index in [0.29, 0.717) is 18.2 Å². The molecule has 1 amide bonds. The van der Waals surface area contributed by atoms with Crippen LogP contribution in [0.5, 0.6) is 0 Å². The SMILES string of the molecule is C[C@H](NC(=O)c1cc(C(F)(F)F)ccc1F)c1ncon1. The minimum atomic E-state index is -4.66. The first-order chi connectivity index (χ1) is 9.79. The molecule has 1 heterocycles. The molecule has 1 atom stereocenters. The molecule has 0 saturated heterocycles. The second kappa shape index (κ2) is 5.51. The zero-order chi connectivity index (χ0) is 15.6. The summed E-state index contributed by atoms with van der Waals surface area (Å²) in [6.45, 7) is 1.48. The first kappa shape index (κ1) is 14.9. The molecule has 0 aliphatic heterocycles. The van der Waals surface area contributed by atoms with Gasteiger partial charge in [-0.05, 0) is 25.1 Å². The lowest BCUT2D eigenvalue weighted by molar-refractivity contribution is -0.137. The second-order valence-corrected chi connectivity index (χ2v) is 4.18. The van der Waals surface area contributed by atoms with E-state index >= 15 is 0 Å². The van der Waals surface area contributed by atoms with E-state index in [9.17, 15) is 22.4 Å². The zero-order valence-corrected chi connectivity index (χ0v) is 10.6. The summed E-state index contributed by atoms with van der Waals surface area (Å²) in [5.41, 5.74) is -1.82. The zero-order valence-electron chi connectivity index (χ0n) is 10.6. The number of halogens is 4. The van der Waals surface area contributed by atoms with E-state index in [0.717, 1.165) is 6.39 Å². The molecule has 2 aromatic rings. The fraction of sp³-hybridized carbons (Fsp3) is 0.250. The summed E-state index contributed by atoms with van der Waals surface area (Å²) in [7, 11) is 0. The van der Waals surface area contributed by atoms with E-state index in [-0.39, 0.29) is 5.82 Å². The van der Waals surface area contributed by atoms with Crippen molar-refractivity contribution < 1.29 is 26.9 Å². The fourth-order valence-electron chi connectivity index (χ4n) is 1.58. The quantitative estimate of drug-likeness (QED) is 0.885. The second-order valence-electron chi connectivity index (χ2n) is 4.18. The number of alkyl halides is 3. The van der Waals surface area contributed by atoms with Gasteiger partial charge >= 0.3 is 6.18 Å². The minimum absolute atomic E-state index is 0.121. The smallest absolute Gasteiger partial charge is 0.343 e. The number of carbonyl (C=O) groups excluding carboxylic acids is 1. The average Bonchev–Trinajstić information content (AvgIpc) is 2.91. The Hall–Kier alpha value is -2.45. The molecule has 0 fully saturated rings. The monoisotopic (exact) mass is 303 g/mol. The van der Waals surface area contributed by atoms with E-state index in [1.54, 1.807) is 0 Å². The van der Waals surface area contributed by atoms with Crippen LogP contribution >= 0.6 is 0 Å². The highest BCUT2D eigenvalue weighted by molar-refractivity contribution is 5.94. The molecule has 0 spiro atoms. The summed E-state index contributed by atoms with van der Waals surface area (Å²) in [6, 6.07) is 0.865. The molecular weight excluding hydrogens is 294 g/mol. The fourth-order valence-corrected chi connectivity index (χ4v) is 1.58. The number of nitrogens with zero attached hydrogens (tertiary/aromatic N) is 2. The average molecular weight is 303 g/mol. The lowest BCUT2D eigenvalue weighted by Crippen LogP contribution is -2.28. The molecular formula is C12H9F4N3O2. The van der Waals surface area contributed by atoms with Gasteiger partial charge in [-0.3, -0.25) is 4.79 Å². The third kappa shape index (κ3) is 3.36. The molecule has 0 bridgehead atoms. The van der Waals surface area contributed by atoms with Crippen LogP contribution in [0.15, 0.2) is 29.1 Å². The minimum Gasteiger partial charge on any atom is -0.343 e. The van der Waals surface area contributed by atoms with Crippen molar-refractivity contribution >= 4 is 5.91 Å². The van der Waals surface area contributed by atoms with Gasteiger partial charge in [0, 0.05) is 0 Å². The molecule has 5 nitrogen and oxygen atoms in total. The van der Waals surface area contributed by atoms with Gasteiger partial charge in [0.2, 0.25) is 6.39 Å². The lowest BCUT2D eigenvalue weighted by Gasteiger charge is -2.12. The van der Waals surface area contributed by atoms with Crippen LogP contribution in [0.25, 0.3) is 0 Å². The van der Waals surface area contributed by atoms with Gasteiger partial charge in [0.25, 0.3) is 5.91 Å². The highest BCUT2D eigenvalue weighted by atomic mass is 19.4. The van der Waals surface area contributed by atoms with Crippen LogP contribution in [-0.2, 0) is 6.18 Å². The summed E-state index contributed by atoms with van der Waals surface area (Å²) in [5.74, 6) is -1.94. The number of nitrogens with one attached hydrogen (secondary N) is 1. The molecule has 0 radical (unpaired) electrons. The van der Waals surface area contributed by atoms with Gasteiger partial charge < -0.3 is 9.84 Å². The Kier molecular flexibility index (Phi) is 3.92. The predicted molar refractivity (Wildman–Crippen MR) is 61.6 cm³/mol. The van der Waals surface area contributed by atoms with Crippen LogP contribution in [0.4, 0.5) is 17.6 Å². The maximum absolute atomic E-state index is 13.5. The molecule has 112 valence electrons. The topological polar surface area (TPSA) is 68.0 Å². The van der Waals surface area contributed by atoms with Crippen molar-refractivity contribution in [2.45, 2.75) is 19.1 Å². The normalized spacial score (nSPS) is 13.0. The van der Waals surface area contributed by atoms with E-state index in [2.05, 4.69) is 20.0 Å². The molecule has 1 N–H and O–H groups in total. The Bertz CT molecular complexity index is 640.